The van der Waals surface area contributed by atoms with Gasteiger partial charge in [-0.05, 0) is 49.6 Å². The minimum atomic E-state index is -0.684. The Bertz CT molecular complexity index is 886. The van der Waals surface area contributed by atoms with Crippen molar-refractivity contribution in [2.45, 2.75) is 39.0 Å². The Kier molecular flexibility index (Phi) is 8.68. The summed E-state index contributed by atoms with van der Waals surface area (Å²) >= 11 is 3.43. The highest BCUT2D eigenvalue weighted by Gasteiger charge is 2.41. The van der Waals surface area contributed by atoms with Gasteiger partial charge in [-0.25, -0.2) is 4.98 Å². The Hall–Kier alpha value is -2.58. The maximum atomic E-state index is 13.2. The van der Waals surface area contributed by atoms with E-state index in [0.29, 0.717) is 37.4 Å². The standard InChI is InChI=1S/C20H21BrN4O3.C2H6/c1-13(22)24-18(26)14-2-7-17(23-12-14)25-19(27)20(8-10-28-11-9-20)15-3-5-16(21)6-4-15;1-2/h2-7,12H,8-11H2,1H3,(H2,22,24,26)(H,23,25,27);1-2H3. The molecule has 1 aromatic heterocycles. The van der Waals surface area contributed by atoms with Gasteiger partial charge in [0.1, 0.15) is 11.7 Å². The van der Waals surface area contributed by atoms with Gasteiger partial charge in [-0.15, -0.1) is 0 Å². The second-order valence-electron chi connectivity index (χ2n) is 6.65. The molecule has 0 bridgehead atoms. The molecular weight excluding hydrogens is 448 g/mol. The number of ether oxygens (including phenoxy) is 1. The van der Waals surface area contributed by atoms with E-state index in [9.17, 15) is 9.59 Å². The van der Waals surface area contributed by atoms with Gasteiger partial charge in [-0.2, -0.15) is 4.99 Å². The van der Waals surface area contributed by atoms with Crippen LogP contribution in [0.25, 0.3) is 0 Å². The highest BCUT2D eigenvalue weighted by molar-refractivity contribution is 9.10. The van der Waals surface area contributed by atoms with E-state index in [2.05, 4.69) is 31.2 Å². The number of nitrogens with one attached hydrogen (secondary N) is 1. The molecule has 1 fully saturated rings. The Balaban J connectivity index is 0.00000155. The van der Waals surface area contributed by atoms with Crippen molar-refractivity contribution in [1.29, 1.82) is 0 Å². The third-order valence-corrected chi connectivity index (χ3v) is 5.24. The zero-order valence-corrected chi connectivity index (χ0v) is 19.0. The number of rotatable bonds is 4. The molecule has 0 atom stereocenters. The van der Waals surface area contributed by atoms with Gasteiger partial charge in [0.25, 0.3) is 5.91 Å². The number of carbonyl (C=O) groups is 2. The number of benzene rings is 1. The van der Waals surface area contributed by atoms with Crippen LogP contribution in [0.4, 0.5) is 5.82 Å². The molecular formula is C22H27BrN4O3. The molecule has 3 rings (SSSR count). The molecule has 0 unspecified atom stereocenters. The smallest absolute Gasteiger partial charge is 0.280 e. The molecule has 30 heavy (non-hydrogen) atoms. The number of aromatic nitrogens is 1. The zero-order valence-electron chi connectivity index (χ0n) is 17.4. The summed E-state index contributed by atoms with van der Waals surface area (Å²) in [5, 5.41) is 2.88. The lowest BCUT2D eigenvalue weighted by atomic mass is 9.73. The van der Waals surface area contributed by atoms with Crippen LogP contribution in [0.15, 0.2) is 52.1 Å². The molecule has 0 radical (unpaired) electrons. The van der Waals surface area contributed by atoms with Gasteiger partial charge in [-0.3, -0.25) is 9.59 Å². The first kappa shape index (κ1) is 23.7. The molecule has 0 saturated carbocycles. The zero-order chi connectivity index (χ0) is 22.1. The number of hydrogen-bond acceptors (Lipinski definition) is 4. The lowest BCUT2D eigenvalue weighted by Gasteiger charge is -2.36. The van der Waals surface area contributed by atoms with Crippen molar-refractivity contribution >= 4 is 39.4 Å². The molecule has 7 nitrogen and oxygen atoms in total. The average molecular weight is 475 g/mol. The average Bonchev–Trinajstić information content (AvgIpc) is 2.76. The van der Waals surface area contributed by atoms with Crippen LogP contribution in [0.2, 0.25) is 0 Å². The van der Waals surface area contributed by atoms with E-state index in [4.69, 9.17) is 10.5 Å². The first-order valence-electron chi connectivity index (χ1n) is 9.87. The van der Waals surface area contributed by atoms with Gasteiger partial charge in [-0.1, -0.05) is 41.9 Å². The summed E-state index contributed by atoms with van der Waals surface area (Å²) in [5.74, 6) is -0.0574. The van der Waals surface area contributed by atoms with E-state index in [0.717, 1.165) is 10.0 Å². The van der Waals surface area contributed by atoms with E-state index in [-0.39, 0.29) is 11.7 Å². The fraction of sp³-hybridized carbons (Fsp3) is 0.364. The highest BCUT2D eigenvalue weighted by Crippen LogP contribution is 2.36. The Labute approximate surface area is 185 Å². The molecule has 2 amide bonds. The second kappa shape index (κ2) is 11.0. The lowest BCUT2D eigenvalue weighted by Crippen LogP contribution is -2.45. The van der Waals surface area contributed by atoms with Crippen LogP contribution in [0.3, 0.4) is 0 Å². The van der Waals surface area contributed by atoms with Crippen LogP contribution in [0, 0.1) is 0 Å². The first-order chi connectivity index (χ1) is 14.4. The molecule has 1 saturated heterocycles. The summed E-state index contributed by atoms with van der Waals surface area (Å²) in [5.41, 5.74) is 5.99. The number of aliphatic imine (C=N–C) groups is 1. The third-order valence-electron chi connectivity index (χ3n) is 4.71. The topological polar surface area (TPSA) is 107 Å². The highest BCUT2D eigenvalue weighted by atomic mass is 79.9. The predicted octanol–water partition coefficient (Wildman–Crippen LogP) is 4.07. The fourth-order valence-electron chi connectivity index (χ4n) is 3.19. The fourth-order valence-corrected chi connectivity index (χ4v) is 3.45. The normalized spacial score (nSPS) is 15.5. The molecule has 160 valence electrons. The number of hydrogen-bond donors (Lipinski definition) is 2. The largest absolute Gasteiger partial charge is 0.387 e. The first-order valence-corrected chi connectivity index (χ1v) is 10.7. The Morgan fingerprint density at radius 3 is 2.30 bits per heavy atom. The molecule has 1 aromatic carbocycles. The van der Waals surface area contributed by atoms with Crippen molar-refractivity contribution < 1.29 is 14.3 Å². The molecule has 0 spiro atoms. The number of anilines is 1. The van der Waals surface area contributed by atoms with Gasteiger partial charge >= 0.3 is 0 Å². The van der Waals surface area contributed by atoms with Crippen molar-refractivity contribution in [3.05, 3.63) is 58.2 Å². The Morgan fingerprint density at radius 2 is 1.77 bits per heavy atom. The molecule has 2 aromatic rings. The van der Waals surface area contributed by atoms with Gasteiger partial charge in [0, 0.05) is 23.9 Å². The molecule has 3 N–H and O–H groups in total. The van der Waals surface area contributed by atoms with Crippen LogP contribution < -0.4 is 11.1 Å². The van der Waals surface area contributed by atoms with E-state index in [1.807, 2.05) is 38.1 Å². The van der Waals surface area contributed by atoms with E-state index < -0.39 is 11.3 Å². The minimum absolute atomic E-state index is 0.138. The number of amides is 2. The molecule has 8 heteroatoms. The lowest BCUT2D eigenvalue weighted by molar-refractivity contribution is -0.125. The second-order valence-corrected chi connectivity index (χ2v) is 7.56. The number of halogens is 1. The van der Waals surface area contributed by atoms with Gasteiger partial charge < -0.3 is 15.8 Å². The maximum absolute atomic E-state index is 13.2. The molecule has 2 heterocycles. The van der Waals surface area contributed by atoms with E-state index in [1.54, 1.807) is 12.1 Å². The van der Waals surface area contributed by atoms with Crippen LogP contribution in [0.5, 0.6) is 0 Å². The molecule has 1 aliphatic rings. The van der Waals surface area contributed by atoms with Crippen molar-refractivity contribution in [2.75, 3.05) is 18.5 Å². The SMILES string of the molecule is CC.CC(N)=NC(=O)c1ccc(NC(=O)C2(c3ccc(Br)cc3)CCOCC2)nc1. The number of amidine groups is 1. The maximum Gasteiger partial charge on any atom is 0.280 e. The summed E-state index contributed by atoms with van der Waals surface area (Å²) in [6.07, 6.45) is 2.55. The van der Waals surface area contributed by atoms with Crippen LogP contribution in [-0.4, -0.2) is 35.8 Å². The quantitative estimate of drug-likeness (QED) is 0.512. The van der Waals surface area contributed by atoms with Gasteiger partial charge in [0.2, 0.25) is 5.91 Å². The summed E-state index contributed by atoms with van der Waals surface area (Å²) in [4.78, 5) is 33.0. The molecule has 0 aliphatic carbocycles. The summed E-state index contributed by atoms with van der Waals surface area (Å²) in [6.45, 7) is 6.57. The van der Waals surface area contributed by atoms with E-state index >= 15 is 0 Å². The van der Waals surface area contributed by atoms with Crippen LogP contribution in [0.1, 0.15) is 49.5 Å². The van der Waals surface area contributed by atoms with Crippen molar-refractivity contribution in [3.63, 3.8) is 0 Å². The van der Waals surface area contributed by atoms with Crippen molar-refractivity contribution in [1.82, 2.24) is 4.98 Å². The molecule has 1 aliphatic heterocycles. The van der Waals surface area contributed by atoms with Crippen LogP contribution in [-0.2, 0) is 14.9 Å². The number of nitrogens with zero attached hydrogens (tertiary/aromatic N) is 2. The predicted molar refractivity (Wildman–Crippen MR) is 122 cm³/mol. The number of carbonyl (C=O) groups excluding carboxylic acids is 2. The summed E-state index contributed by atoms with van der Waals surface area (Å²) in [6, 6.07) is 10.9. The van der Waals surface area contributed by atoms with Crippen molar-refractivity contribution in [3.8, 4) is 0 Å². The third kappa shape index (κ3) is 5.73. The summed E-state index contributed by atoms with van der Waals surface area (Å²) in [7, 11) is 0. The van der Waals surface area contributed by atoms with Crippen molar-refractivity contribution in [2.24, 2.45) is 10.7 Å². The van der Waals surface area contributed by atoms with Gasteiger partial charge in [0.05, 0.1) is 11.0 Å². The van der Waals surface area contributed by atoms with Crippen LogP contribution >= 0.6 is 15.9 Å². The number of nitrogens with two attached hydrogens (primary N) is 1. The van der Waals surface area contributed by atoms with E-state index in [1.165, 1.54) is 13.1 Å². The number of pyridine rings is 1. The van der Waals surface area contributed by atoms with Gasteiger partial charge in [0.15, 0.2) is 0 Å². The monoisotopic (exact) mass is 474 g/mol. The minimum Gasteiger partial charge on any atom is -0.387 e. The summed E-state index contributed by atoms with van der Waals surface area (Å²) < 4.78 is 6.43. The Morgan fingerprint density at radius 1 is 1.13 bits per heavy atom.